The molecule has 1 spiro atoms. The van der Waals surface area contributed by atoms with E-state index in [4.69, 9.17) is 11.6 Å². The second-order valence-electron chi connectivity index (χ2n) is 9.77. The van der Waals surface area contributed by atoms with Gasteiger partial charge in [0.15, 0.2) is 0 Å². The minimum atomic E-state index is -0.363. The Labute approximate surface area is 225 Å². The Hall–Kier alpha value is -3.91. The first kappa shape index (κ1) is 21.2. The van der Waals surface area contributed by atoms with Crippen LogP contribution in [0.3, 0.4) is 0 Å². The molecule has 0 saturated heterocycles. The van der Waals surface area contributed by atoms with Crippen molar-refractivity contribution in [1.29, 1.82) is 0 Å². The summed E-state index contributed by atoms with van der Waals surface area (Å²) in [5.74, 6) is 0. The average Bonchev–Trinajstić information content (AvgIpc) is 3.59. The Morgan fingerprint density at radius 1 is 0.459 bits per heavy atom. The van der Waals surface area contributed by atoms with E-state index in [-0.39, 0.29) is 5.41 Å². The van der Waals surface area contributed by atoms with Crippen LogP contribution >= 0.6 is 22.9 Å². The van der Waals surface area contributed by atoms with Crippen LogP contribution in [0.1, 0.15) is 22.3 Å². The van der Waals surface area contributed by atoms with Crippen LogP contribution in [0.4, 0.5) is 0 Å². The summed E-state index contributed by atoms with van der Waals surface area (Å²) in [5, 5.41) is 0.759. The highest BCUT2D eigenvalue weighted by atomic mass is 35.5. The van der Waals surface area contributed by atoms with E-state index in [1.165, 1.54) is 65.4 Å². The van der Waals surface area contributed by atoms with Crippen molar-refractivity contribution in [3.8, 4) is 43.1 Å². The van der Waals surface area contributed by atoms with Crippen LogP contribution < -0.4 is 0 Å². The maximum Gasteiger partial charge on any atom is 0.0740 e. The highest BCUT2D eigenvalue weighted by Gasteiger charge is 2.54. The van der Waals surface area contributed by atoms with E-state index in [2.05, 4.69) is 115 Å². The Kier molecular flexibility index (Phi) is 4.47. The first-order valence-electron chi connectivity index (χ1n) is 12.6. The first-order chi connectivity index (χ1) is 18.3. The van der Waals surface area contributed by atoms with Gasteiger partial charge in [-0.15, -0.1) is 11.3 Å². The van der Waals surface area contributed by atoms with Crippen molar-refractivity contribution in [1.82, 2.24) is 0 Å². The van der Waals surface area contributed by atoms with Gasteiger partial charge in [0.1, 0.15) is 0 Å². The Morgan fingerprint density at radius 2 is 0.946 bits per heavy atom. The third-order valence-electron chi connectivity index (χ3n) is 7.98. The van der Waals surface area contributed by atoms with E-state index in [0.717, 1.165) is 5.02 Å². The van der Waals surface area contributed by atoms with Gasteiger partial charge in [-0.05, 0) is 62.2 Å². The van der Waals surface area contributed by atoms with E-state index in [1.54, 1.807) is 0 Å². The standard InChI is InChI=1S/C35H21ClS/c36-24-20-18-23(19-21-24)34-32-31(33(37-34)22-10-2-1-3-11-22)27-14-6-9-17-30(27)35(32)28-15-7-4-12-25(28)26-13-5-8-16-29(26)35/h1-21H. The summed E-state index contributed by atoms with van der Waals surface area (Å²) in [7, 11) is 0. The van der Waals surface area contributed by atoms with Crippen LogP contribution in [0.15, 0.2) is 127 Å². The van der Waals surface area contributed by atoms with E-state index in [0.29, 0.717) is 0 Å². The molecule has 1 heterocycles. The summed E-state index contributed by atoms with van der Waals surface area (Å²) in [5.41, 5.74) is 13.0. The lowest BCUT2D eigenvalue weighted by Crippen LogP contribution is -2.26. The van der Waals surface area contributed by atoms with Crippen LogP contribution in [-0.2, 0) is 5.41 Å². The van der Waals surface area contributed by atoms with Crippen molar-refractivity contribution in [2.75, 3.05) is 0 Å². The largest absolute Gasteiger partial charge is 0.134 e. The summed E-state index contributed by atoms with van der Waals surface area (Å²) in [6.07, 6.45) is 0. The second kappa shape index (κ2) is 7.79. The van der Waals surface area contributed by atoms with Gasteiger partial charge in [-0.2, -0.15) is 0 Å². The fourth-order valence-corrected chi connectivity index (χ4v) is 8.11. The zero-order chi connectivity index (χ0) is 24.6. The average molecular weight is 509 g/mol. The summed E-state index contributed by atoms with van der Waals surface area (Å²) in [4.78, 5) is 2.64. The van der Waals surface area contributed by atoms with Gasteiger partial charge >= 0.3 is 0 Å². The molecule has 0 N–H and O–H groups in total. The molecule has 174 valence electrons. The van der Waals surface area contributed by atoms with Gasteiger partial charge in [0.25, 0.3) is 0 Å². The molecule has 0 bridgehead atoms. The van der Waals surface area contributed by atoms with E-state index in [9.17, 15) is 0 Å². The zero-order valence-corrected chi connectivity index (χ0v) is 21.5. The van der Waals surface area contributed by atoms with E-state index >= 15 is 0 Å². The predicted molar refractivity (Wildman–Crippen MR) is 156 cm³/mol. The van der Waals surface area contributed by atoms with Gasteiger partial charge in [0, 0.05) is 20.3 Å². The number of halogens is 1. The summed E-state index contributed by atoms with van der Waals surface area (Å²) < 4.78 is 0. The van der Waals surface area contributed by atoms with Crippen LogP contribution in [0.25, 0.3) is 43.1 Å². The molecule has 8 rings (SSSR count). The third kappa shape index (κ3) is 2.73. The topological polar surface area (TPSA) is 0 Å². The van der Waals surface area contributed by atoms with Gasteiger partial charge in [-0.25, -0.2) is 0 Å². The van der Waals surface area contributed by atoms with Gasteiger partial charge < -0.3 is 0 Å². The molecule has 37 heavy (non-hydrogen) atoms. The molecule has 2 heteroatoms. The molecule has 1 aromatic heterocycles. The number of hydrogen-bond acceptors (Lipinski definition) is 1. The van der Waals surface area contributed by atoms with Crippen molar-refractivity contribution >= 4 is 22.9 Å². The predicted octanol–water partition coefficient (Wildman–Crippen LogP) is 10.1. The summed E-state index contributed by atoms with van der Waals surface area (Å²) in [6.45, 7) is 0. The molecule has 2 aliphatic rings. The fraction of sp³-hybridized carbons (Fsp3) is 0.0286. The number of hydrogen-bond donors (Lipinski definition) is 0. The molecule has 0 fully saturated rings. The first-order valence-corrected chi connectivity index (χ1v) is 13.8. The van der Waals surface area contributed by atoms with Crippen molar-refractivity contribution in [2.24, 2.45) is 0 Å². The van der Waals surface area contributed by atoms with Gasteiger partial charge in [0.05, 0.1) is 5.41 Å². The van der Waals surface area contributed by atoms with Gasteiger partial charge in [-0.1, -0.05) is 127 Å². The van der Waals surface area contributed by atoms with Crippen molar-refractivity contribution in [2.45, 2.75) is 5.41 Å². The third-order valence-corrected chi connectivity index (χ3v) is 9.52. The molecule has 2 aliphatic carbocycles. The van der Waals surface area contributed by atoms with Gasteiger partial charge in [0.2, 0.25) is 0 Å². The Morgan fingerprint density at radius 3 is 1.57 bits per heavy atom. The van der Waals surface area contributed by atoms with Crippen molar-refractivity contribution in [3.05, 3.63) is 155 Å². The highest BCUT2D eigenvalue weighted by molar-refractivity contribution is 7.19. The molecule has 0 saturated carbocycles. The highest BCUT2D eigenvalue weighted by Crippen LogP contribution is 2.67. The normalized spacial score (nSPS) is 13.8. The molecule has 5 aromatic carbocycles. The van der Waals surface area contributed by atoms with Gasteiger partial charge in [-0.3, -0.25) is 0 Å². The quantitative estimate of drug-likeness (QED) is 0.218. The molecular formula is C35H21ClS. The lowest BCUT2D eigenvalue weighted by Gasteiger charge is -2.31. The molecule has 0 unspecified atom stereocenters. The van der Waals surface area contributed by atoms with E-state index in [1.807, 2.05) is 23.5 Å². The molecule has 0 radical (unpaired) electrons. The number of thiophene rings is 1. The Bertz CT molecular complexity index is 1780. The molecule has 0 nitrogen and oxygen atoms in total. The maximum absolute atomic E-state index is 6.35. The number of fused-ring (bicyclic) bond motifs is 10. The summed E-state index contributed by atoms with van der Waals surface area (Å²) >= 11 is 8.25. The smallest absolute Gasteiger partial charge is 0.0740 e. The number of rotatable bonds is 2. The fourth-order valence-electron chi connectivity index (χ4n) is 6.60. The van der Waals surface area contributed by atoms with Crippen LogP contribution in [-0.4, -0.2) is 0 Å². The van der Waals surface area contributed by atoms with Crippen LogP contribution in [0.5, 0.6) is 0 Å². The molecular weight excluding hydrogens is 488 g/mol. The van der Waals surface area contributed by atoms with Crippen molar-refractivity contribution in [3.63, 3.8) is 0 Å². The lowest BCUT2D eigenvalue weighted by molar-refractivity contribution is 0.798. The lowest BCUT2D eigenvalue weighted by atomic mass is 9.70. The molecule has 0 aliphatic heterocycles. The molecule has 0 atom stereocenters. The van der Waals surface area contributed by atoms with Crippen molar-refractivity contribution < 1.29 is 0 Å². The number of benzene rings is 5. The minimum Gasteiger partial charge on any atom is -0.134 e. The SMILES string of the molecule is Clc1ccc(-c2sc(-c3ccccc3)c3c2C2(c4ccccc4-c4ccccc42)c2ccccc2-3)cc1. The zero-order valence-electron chi connectivity index (χ0n) is 19.9. The summed E-state index contributed by atoms with van der Waals surface area (Å²) in [6, 6.07) is 46.2. The maximum atomic E-state index is 6.35. The molecule has 0 amide bonds. The minimum absolute atomic E-state index is 0.363. The monoisotopic (exact) mass is 508 g/mol. The Balaban J connectivity index is 1.59. The molecule has 6 aromatic rings. The van der Waals surface area contributed by atoms with E-state index < -0.39 is 0 Å². The van der Waals surface area contributed by atoms with Crippen LogP contribution in [0.2, 0.25) is 5.02 Å². The van der Waals surface area contributed by atoms with Crippen LogP contribution in [0, 0.1) is 0 Å². The second-order valence-corrected chi connectivity index (χ2v) is 11.2.